The number of fused-ring (bicyclic) bond motifs is 1. The third-order valence-corrected chi connectivity index (χ3v) is 7.31. The predicted molar refractivity (Wildman–Crippen MR) is 151 cm³/mol. The third-order valence-electron chi connectivity index (χ3n) is 6.82. The first kappa shape index (κ1) is 23.1. The Labute approximate surface area is 216 Å². The Bertz CT molecular complexity index is 1430. The molecule has 4 aromatic carbocycles. The molecule has 4 aromatic rings. The average Bonchev–Trinajstić information content (AvgIpc) is 3.13. The van der Waals surface area contributed by atoms with Crippen LogP contribution in [0.2, 0.25) is 0 Å². The van der Waals surface area contributed by atoms with E-state index >= 15 is 0 Å². The standard InChI is InChI=1S/C33H27BrO/c1-4-9-30-23(3)33(25-10-7-6-8-11-25,32-22-27(34)16-21-31(30)32)26-14-19-29(20-15-26)35-28-17-12-24(5-2)13-18-28/h4-22H,2H2,1,3H3/b9-4-. The van der Waals surface area contributed by atoms with Crippen molar-refractivity contribution in [3.05, 3.63) is 154 Å². The lowest BCUT2D eigenvalue weighted by Gasteiger charge is -2.34. The first-order valence-electron chi connectivity index (χ1n) is 11.8. The van der Waals surface area contributed by atoms with E-state index in [1.54, 1.807) is 0 Å². The van der Waals surface area contributed by atoms with Crippen molar-refractivity contribution in [3.63, 3.8) is 0 Å². The fraction of sp³-hybridized carbons (Fsp3) is 0.0909. The molecule has 1 aliphatic carbocycles. The molecular formula is C33H27BrO. The molecule has 172 valence electrons. The van der Waals surface area contributed by atoms with E-state index in [0.29, 0.717) is 0 Å². The van der Waals surface area contributed by atoms with Gasteiger partial charge in [-0.3, -0.25) is 0 Å². The maximum Gasteiger partial charge on any atom is 0.127 e. The minimum Gasteiger partial charge on any atom is -0.457 e. The molecule has 0 saturated heterocycles. The number of benzene rings is 4. The molecule has 0 spiro atoms. The van der Waals surface area contributed by atoms with Crippen LogP contribution in [0.25, 0.3) is 11.6 Å². The van der Waals surface area contributed by atoms with E-state index in [-0.39, 0.29) is 5.41 Å². The smallest absolute Gasteiger partial charge is 0.127 e. The summed E-state index contributed by atoms with van der Waals surface area (Å²) in [6, 6.07) is 33.9. The Hall–Kier alpha value is -3.62. The van der Waals surface area contributed by atoms with Crippen LogP contribution in [0.1, 0.15) is 41.7 Å². The van der Waals surface area contributed by atoms with Crippen LogP contribution in [0.15, 0.2) is 126 Å². The second-order valence-electron chi connectivity index (χ2n) is 8.74. The van der Waals surface area contributed by atoms with Gasteiger partial charge in [-0.25, -0.2) is 0 Å². The van der Waals surface area contributed by atoms with Gasteiger partial charge in [0.1, 0.15) is 11.5 Å². The maximum absolute atomic E-state index is 6.14. The van der Waals surface area contributed by atoms with E-state index in [2.05, 4.69) is 121 Å². The van der Waals surface area contributed by atoms with E-state index in [0.717, 1.165) is 21.5 Å². The topological polar surface area (TPSA) is 9.23 Å². The van der Waals surface area contributed by atoms with Crippen molar-refractivity contribution in [1.29, 1.82) is 0 Å². The first-order chi connectivity index (χ1) is 17.1. The predicted octanol–water partition coefficient (Wildman–Crippen LogP) is 9.58. The molecule has 5 rings (SSSR count). The molecule has 1 atom stereocenters. The summed E-state index contributed by atoms with van der Waals surface area (Å²) >= 11 is 3.74. The van der Waals surface area contributed by atoms with Crippen LogP contribution in [-0.2, 0) is 5.41 Å². The normalized spacial score (nSPS) is 17.0. The van der Waals surface area contributed by atoms with Gasteiger partial charge in [0.25, 0.3) is 0 Å². The van der Waals surface area contributed by atoms with Crippen molar-refractivity contribution in [3.8, 4) is 11.5 Å². The SMILES string of the molecule is C=Cc1ccc(Oc2ccc(C3(c4ccccc4)C(C)=C(/C=C\C)c4ccc(Br)cc43)cc2)cc1. The zero-order valence-corrected chi connectivity index (χ0v) is 21.5. The Morgan fingerprint density at radius 3 is 2.06 bits per heavy atom. The summed E-state index contributed by atoms with van der Waals surface area (Å²) in [7, 11) is 0. The van der Waals surface area contributed by atoms with Crippen LogP contribution in [0.4, 0.5) is 0 Å². The Kier molecular flexibility index (Phi) is 6.32. The van der Waals surface area contributed by atoms with Gasteiger partial charge in [0.15, 0.2) is 0 Å². The molecule has 0 aliphatic heterocycles. The van der Waals surface area contributed by atoms with Gasteiger partial charge >= 0.3 is 0 Å². The van der Waals surface area contributed by atoms with E-state index in [1.807, 2.05) is 30.3 Å². The van der Waals surface area contributed by atoms with Crippen LogP contribution >= 0.6 is 15.9 Å². The molecule has 0 fully saturated rings. The second kappa shape index (κ2) is 9.56. The van der Waals surface area contributed by atoms with Crippen molar-refractivity contribution in [2.75, 3.05) is 0 Å². The number of allylic oxidation sites excluding steroid dienone is 4. The zero-order valence-electron chi connectivity index (χ0n) is 20.0. The van der Waals surface area contributed by atoms with Crippen molar-refractivity contribution >= 4 is 27.6 Å². The largest absolute Gasteiger partial charge is 0.457 e. The molecule has 35 heavy (non-hydrogen) atoms. The van der Waals surface area contributed by atoms with Crippen molar-refractivity contribution in [2.45, 2.75) is 19.3 Å². The van der Waals surface area contributed by atoms with Gasteiger partial charge in [-0.1, -0.05) is 101 Å². The molecule has 0 saturated carbocycles. The highest BCUT2D eigenvalue weighted by Crippen LogP contribution is 2.55. The number of rotatable bonds is 6. The van der Waals surface area contributed by atoms with Crippen LogP contribution in [0.3, 0.4) is 0 Å². The molecule has 2 heteroatoms. The zero-order chi connectivity index (χ0) is 24.4. The minimum absolute atomic E-state index is 0.390. The molecule has 0 bridgehead atoms. The van der Waals surface area contributed by atoms with Crippen LogP contribution in [0, 0.1) is 0 Å². The van der Waals surface area contributed by atoms with Crippen molar-refractivity contribution in [2.24, 2.45) is 0 Å². The van der Waals surface area contributed by atoms with E-state index in [1.165, 1.54) is 33.4 Å². The first-order valence-corrected chi connectivity index (χ1v) is 12.6. The number of hydrogen-bond donors (Lipinski definition) is 0. The van der Waals surface area contributed by atoms with Crippen LogP contribution in [-0.4, -0.2) is 0 Å². The summed E-state index contributed by atoms with van der Waals surface area (Å²) < 4.78 is 7.22. The fourth-order valence-electron chi connectivity index (χ4n) is 5.23. The number of ether oxygens (including phenoxy) is 1. The van der Waals surface area contributed by atoms with Gasteiger partial charge in [0, 0.05) is 4.47 Å². The minimum atomic E-state index is -0.390. The molecule has 0 radical (unpaired) electrons. The summed E-state index contributed by atoms with van der Waals surface area (Å²) in [4.78, 5) is 0. The molecular weight excluding hydrogens is 492 g/mol. The third kappa shape index (κ3) is 3.98. The lowest BCUT2D eigenvalue weighted by Crippen LogP contribution is -2.29. The van der Waals surface area contributed by atoms with Gasteiger partial charge in [-0.2, -0.15) is 0 Å². The molecule has 0 amide bonds. The van der Waals surface area contributed by atoms with Gasteiger partial charge in [-0.05, 0) is 89.2 Å². The Morgan fingerprint density at radius 1 is 0.800 bits per heavy atom. The van der Waals surface area contributed by atoms with Crippen LogP contribution in [0.5, 0.6) is 11.5 Å². The summed E-state index contributed by atoms with van der Waals surface area (Å²) in [5.41, 5.74) is 8.32. The summed E-state index contributed by atoms with van der Waals surface area (Å²) in [5, 5.41) is 0. The summed E-state index contributed by atoms with van der Waals surface area (Å²) in [6.07, 6.45) is 6.19. The van der Waals surface area contributed by atoms with Crippen LogP contribution < -0.4 is 4.74 Å². The number of hydrogen-bond acceptors (Lipinski definition) is 1. The highest BCUT2D eigenvalue weighted by Gasteiger charge is 2.45. The average molecular weight is 519 g/mol. The quantitative estimate of drug-likeness (QED) is 0.246. The maximum atomic E-state index is 6.14. The molecule has 0 heterocycles. The Morgan fingerprint density at radius 2 is 1.43 bits per heavy atom. The monoisotopic (exact) mass is 518 g/mol. The van der Waals surface area contributed by atoms with E-state index < -0.39 is 0 Å². The highest BCUT2D eigenvalue weighted by molar-refractivity contribution is 9.10. The van der Waals surface area contributed by atoms with E-state index in [9.17, 15) is 0 Å². The molecule has 0 aromatic heterocycles. The highest BCUT2D eigenvalue weighted by atomic mass is 79.9. The summed E-state index contributed by atoms with van der Waals surface area (Å²) in [5.74, 6) is 1.62. The van der Waals surface area contributed by atoms with Gasteiger partial charge in [0.2, 0.25) is 0 Å². The summed E-state index contributed by atoms with van der Waals surface area (Å²) in [6.45, 7) is 8.16. The molecule has 1 unspecified atom stereocenters. The van der Waals surface area contributed by atoms with Gasteiger partial charge in [-0.15, -0.1) is 0 Å². The lowest BCUT2D eigenvalue weighted by atomic mass is 9.67. The fourth-order valence-corrected chi connectivity index (χ4v) is 5.59. The lowest BCUT2D eigenvalue weighted by molar-refractivity contribution is 0.482. The number of halogens is 1. The van der Waals surface area contributed by atoms with Gasteiger partial charge < -0.3 is 4.74 Å². The molecule has 1 nitrogen and oxygen atoms in total. The molecule has 1 aliphatic rings. The Balaban J connectivity index is 1.66. The van der Waals surface area contributed by atoms with Gasteiger partial charge in [0.05, 0.1) is 5.41 Å². The van der Waals surface area contributed by atoms with Crippen molar-refractivity contribution < 1.29 is 4.74 Å². The van der Waals surface area contributed by atoms with E-state index in [4.69, 9.17) is 4.74 Å². The molecule has 0 N–H and O–H groups in total. The van der Waals surface area contributed by atoms with Crippen molar-refractivity contribution in [1.82, 2.24) is 0 Å². The second-order valence-corrected chi connectivity index (χ2v) is 9.66.